The fraction of sp³-hybridized carbons (Fsp3) is 0.583. The monoisotopic (exact) mass is 253 g/mol. The second-order valence-electron chi connectivity index (χ2n) is 4.19. The molecule has 1 nitrogen and oxygen atoms in total. The van der Waals surface area contributed by atoms with Crippen molar-refractivity contribution < 1.29 is 0 Å². The Hall–Kier alpha value is -0.370. The van der Waals surface area contributed by atoms with Gasteiger partial charge in [0.15, 0.2) is 0 Å². The molecule has 14 heavy (non-hydrogen) atoms. The van der Waals surface area contributed by atoms with Gasteiger partial charge in [0.25, 0.3) is 0 Å². The number of hydrogen-bond acceptors (Lipinski definition) is 1. The summed E-state index contributed by atoms with van der Waals surface area (Å²) in [6.45, 7) is 0. The molecule has 0 aliphatic heterocycles. The maximum absolute atomic E-state index is 4.04. The molecule has 2 unspecified atom stereocenters. The predicted octanol–water partition coefficient (Wildman–Crippen LogP) is 3.58. The van der Waals surface area contributed by atoms with Crippen LogP contribution < -0.4 is 0 Å². The van der Waals surface area contributed by atoms with Crippen LogP contribution >= 0.6 is 15.9 Å². The van der Waals surface area contributed by atoms with Crippen molar-refractivity contribution >= 4 is 15.9 Å². The lowest BCUT2D eigenvalue weighted by atomic mass is 9.85. The topological polar surface area (TPSA) is 12.9 Å². The SMILES string of the molecule is BrC1CCCC(Cc2ccncc2)C1. The van der Waals surface area contributed by atoms with E-state index in [2.05, 4.69) is 33.0 Å². The Morgan fingerprint density at radius 1 is 1.29 bits per heavy atom. The average molecular weight is 254 g/mol. The van der Waals surface area contributed by atoms with Gasteiger partial charge in [0, 0.05) is 17.2 Å². The van der Waals surface area contributed by atoms with E-state index in [4.69, 9.17) is 0 Å². The third-order valence-corrected chi connectivity index (χ3v) is 3.82. The number of rotatable bonds is 2. The van der Waals surface area contributed by atoms with E-state index in [1.807, 2.05) is 12.4 Å². The van der Waals surface area contributed by atoms with Crippen LogP contribution in [0.2, 0.25) is 0 Å². The highest BCUT2D eigenvalue weighted by Crippen LogP contribution is 2.30. The maximum Gasteiger partial charge on any atom is 0.0270 e. The molecule has 0 radical (unpaired) electrons. The Balaban J connectivity index is 1.91. The average Bonchev–Trinajstić information content (AvgIpc) is 2.19. The summed E-state index contributed by atoms with van der Waals surface area (Å²) >= 11 is 3.73. The van der Waals surface area contributed by atoms with Crippen LogP contribution in [-0.4, -0.2) is 9.81 Å². The minimum absolute atomic E-state index is 0.753. The summed E-state index contributed by atoms with van der Waals surface area (Å²) in [5, 5.41) is 0. The Morgan fingerprint density at radius 2 is 2.07 bits per heavy atom. The lowest BCUT2D eigenvalue weighted by molar-refractivity contribution is 0.368. The summed E-state index contributed by atoms with van der Waals surface area (Å²) < 4.78 is 0. The van der Waals surface area contributed by atoms with Crippen LogP contribution in [0.25, 0.3) is 0 Å². The van der Waals surface area contributed by atoms with Crippen LogP contribution in [0.4, 0.5) is 0 Å². The van der Waals surface area contributed by atoms with Crippen molar-refractivity contribution in [2.24, 2.45) is 5.92 Å². The minimum atomic E-state index is 0.753. The van der Waals surface area contributed by atoms with Crippen molar-refractivity contribution in [3.8, 4) is 0 Å². The molecule has 2 rings (SSSR count). The van der Waals surface area contributed by atoms with Gasteiger partial charge in [0.05, 0.1) is 0 Å². The number of pyridine rings is 1. The normalized spacial score (nSPS) is 27.5. The zero-order chi connectivity index (χ0) is 9.80. The van der Waals surface area contributed by atoms with Gasteiger partial charge in [0.2, 0.25) is 0 Å². The van der Waals surface area contributed by atoms with Crippen molar-refractivity contribution in [1.82, 2.24) is 4.98 Å². The molecule has 0 saturated heterocycles. The predicted molar refractivity (Wildman–Crippen MR) is 62.6 cm³/mol. The van der Waals surface area contributed by atoms with Gasteiger partial charge >= 0.3 is 0 Å². The summed E-state index contributed by atoms with van der Waals surface area (Å²) in [4.78, 5) is 4.80. The van der Waals surface area contributed by atoms with Gasteiger partial charge in [0.1, 0.15) is 0 Å². The lowest BCUT2D eigenvalue weighted by Crippen LogP contribution is -2.16. The first kappa shape index (κ1) is 10.2. The molecular weight excluding hydrogens is 238 g/mol. The first-order chi connectivity index (χ1) is 6.84. The van der Waals surface area contributed by atoms with Crippen molar-refractivity contribution in [3.63, 3.8) is 0 Å². The van der Waals surface area contributed by atoms with Crippen molar-refractivity contribution in [1.29, 1.82) is 0 Å². The van der Waals surface area contributed by atoms with E-state index in [0.717, 1.165) is 10.7 Å². The van der Waals surface area contributed by atoms with Crippen molar-refractivity contribution in [2.45, 2.75) is 36.9 Å². The number of hydrogen-bond donors (Lipinski definition) is 0. The zero-order valence-electron chi connectivity index (χ0n) is 8.32. The van der Waals surface area contributed by atoms with E-state index in [1.54, 1.807) is 0 Å². The Labute approximate surface area is 94.1 Å². The van der Waals surface area contributed by atoms with Crippen LogP contribution in [-0.2, 0) is 6.42 Å². The Bertz CT molecular complexity index is 273. The van der Waals surface area contributed by atoms with E-state index in [1.165, 1.54) is 37.7 Å². The molecule has 2 atom stereocenters. The standard InChI is InChI=1S/C12H16BrN/c13-12-3-1-2-11(9-12)8-10-4-6-14-7-5-10/h4-7,11-12H,1-3,8-9H2. The van der Waals surface area contributed by atoms with Gasteiger partial charge in [-0.2, -0.15) is 0 Å². The molecule has 1 saturated carbocycles. The zero-order valence-corrected chi connectivity index (χ0v) is 9.91. The molecule has 2 heteroatoms. The molecule has 0 spiro atoms. The molecule has 1 aliphatic rings. The largest absolute Gasteiger partial charge is 0.265 e. The lowest BCUT2D eigenvalue weighted by Gasteiger charge is -2.25. The van der Waals surface area contributed by atoms with Crippen LogP contribution in [0.5, 0.6) is 0 Å². The second-order valence-corrected chi connectivity index (χ2v) is 5.48. The Kier molecular flexibility index (Phi) is 3.57. The van der Waals surface area contributed by atoms with E-state index in [-0.39, 0.29) is 0 Å². The van der Waals surface area contributed by atoms with Gasteiger partial charge in [-0.3, -0.25) is 4.98 Å². The summed E-state index contributed by atoms with van der Waals surface area (Å²) in [5.41, 5.74) is 1.44. The smallest absolute Gasteiger partial charge is 0.0270 e. The Morgan fingerprint density at radius 3 is 2.79 bits per heavy atom. The number of halogens is 1. The van der Waals surface area contributed by atoms with Gasteiger partial charge in [-0.25, -0.2) is 0 Å². The highest BCUT2D eigenvalue weighted by Gasteiger charge is 2.19. The molecule has 1 aliphatic carbocycles. The third kappa shape index (κ3) is 2.81. The maximum atomic E-state index is 4.04. The van der Waals surface area contributed by atoms with Crippen LogP contribution in [0.1, 0.15) is 31.2 Å². The van der Waals surface area contributed by atoms with Crippen LogP contribution in [0.3, 0.4) is 0 Å². The summed E-state index contributed by atoms with van der Waals surface area (Å²) in [6.07, 6.45) is 10.5. The first-order valence-electron chi connectivity index (χ1n) is 5.37. The van der Waals surface area contributed by atoms with E-state index in [0.29, 0.717) is 0 Å². The van der Waals surface area contributed by atoms with Crippen LogP contribution in [0.15, 0.2) is 24.5 Å². The van der Waals surface area contributed by atoms with Gasteiger partial charge in [-0.05, 0) is 42.9 Å². The van der Waals surface area contributed by atoms with E-state index >= 15 is 0 Å². The summed E-state index contributed by atoms with van der Waals surface area (Å²) in [6, 6.07) is 4.27. The molecule has 0 amide bonds. The molecule has 0 aromatic carbocycles. The number of alkyl halides is 1. The molecule has 1 heterocycles. The third-order valence-electron chi connectivity index (χ3n) is 2.99. The second kappa shape index (κ2) is 4.92. The fourth-order valence-corrected chi connectivity index (χ4v) is 3.12. The molecule has 1 aromatic rings. The van der Waals surface area contributed by atoms with Gasteiger partial charge in [-0.15, -0.1) is 0 Å². The molecule has 1 fully saturated rings. The minimum Gasteiger partial charge on any atom is -0.265 e. The molecule has 1 aromatic heterocycles. The molecular formula is C12H16BrN. The summed E-state index contributed by atoms with van der Waals surface area (Å²) in [5.74, 6) is 0.871. The van der Waals surface area contributed by atoms with Crippen molar-refractivity contribution in [2.75, 3.05) is 0 Å². The van der Waals surface area contributed by atoms with Gasteiger partial charge < -0.3 is 0 Å². The van der Waals surface area contributed by atoms with Gasteiger partial charge in [-0.1, -0.05) is 28.8 Å². The quantitative estimate of drug-likeness (QED) is 0.735. The number of nitrogens with zero attached hydrogens (tertiary/aromatic N) is 1. The molecule has 0 N–H and O–H groups in total. The number of aromatic nitrogens is 1. The van der Waals surface area contributed by atoms with E-state index < -0.39 is 0 Å². The highest BCUT2D eigenvalue weighted by atomic mass is 79.9. The first-order valence-corrected chi connectivity index (χ1v) is 6.29. The van der Waals surface area contributed by atoms with E-state index in [9.17, 15) is 0 Å². The molecule has 76 valence electrons. The fourth-order valence-electron chi connectivity index (χ4n) is 2.26. The van der Waals surface area contributed by atoms with Crippen molar-refractivity contribution in [3.05, 3.63) is 30.1 Å². The van der Waals surface area contributed by atoms with Crippen LogP contribution in [0, 0.1) is 5.92 Å². The highest BCUT2D eigenvalue weighted by molar-refractivity contribution is 9.09. The summed E-state index contributed by atoms with van der Waals surface area (Å²) in [7, 11) is 0. The molecule has 0 bridgehead atoms.